The van der Waals surface area contributed by atoms with Gasteiger partial charge in [0.05, 0.1) is 42.5 Å². The van der Waals surface area contributed by atoms with Crippen LogP contribution in [0.3, 0.4) is 0 Å². The summed E-state index contributed by atoms with van der Waals surface area (Å²) in [7, 11) is 0. The van der Waals surface area contributed by atoms with Crippen molar-refractivity contribution in [1.29, 1.82) is 5.26 Å². The summed E-state index contributed by atoms with van der Waals surface area (Å²) in [6.07, 6.45) is 2.20. The van der Waals surface area contributed by atoms with E-state index in [1.165, 1.54) is 24.3 Å². The first-order valence-corrected chi connectivity index (χ1v) is 15.6. The van der Waals surface area contributed by atoms with Gasteiger partial charge in [0.2, 0.25) is 5.91 Å². The van der Waals surface area contributed by atoms with Crippen molar-refractivity contribution in [2.24, 2.45) is 5.41 Å². The predicted molar refractivity (Wildman–Crippen MR) is 168 cm³/mol. The molecule has 12 heteroatoms. The third-order valence-corrected chi connectivity index (χ3v) is 8.76. The minimum atomic E-state index is -1.72. The van der Waals surface area contributed by atoms with Crippen molar-refractivity contribution in [1.82, 2.24) is 15.1 Å². The highest BCUT2D eigenvalue weighted by Gasteiger charge is 2.61. The highest BCUT2D eigenvalue weighted by molar-refractivity contribution is 6.31. The number of aromatic nitrogens is 2. The van der Waals surface area contributed by atoms with Crippen molar-refractivity contribution < 1.29 is 23.0 Å². The molecule has 2 aliphatic heterocycles. The molecule has 3 heterocycles. The lowest BCUT2D eigenvalue weighted by Gasteiger charge is -2.37. The van der Waals surface area contributed by atoms with E-state index in [9.17, 15) is 10.1 Å². The van der Waals surface area contributed by atoms with Gasteiger partial charge in [-0.3, -0.25) is 9.48 Å². The number of hydrogen-bond acceptors (Lipinski definition) is 6. The number of nitrogens with zero attached hydrogens (tertiary/aromatic N) is 3. The van der Waals surface area contributed by atoms with Gasteiger partial charge < -0.3 is 20.1 Å². The zero-order valence-corrected chi connectivity index (χ0v) is 27.3. The van der Waals surface area contributed by atoms with Gasteiger partial charge in [0, 0.05) is 34.8 Å². The molecule has 0 spiro atoms. The maximum absolute atomic E-state index is 15.9. The van der Waals surface area contributed by atoms with Crippen molar-refractivity contribution in [3.63, 3.8) is 0 Å². The Labute approximate surface area is 272 Å². The molecule has 5 atom stereocenters. The maximum atomic E-state index is 15.9. The number of nitriles is 1. The van der Waals surface area contributed by atoms with E-state index in [2.05, 4.69) is 21.8 Å². The van der Waals surface area contributed by atoms with E-state index in [0.717, 1.165) is 6.07 Å². The lowest BCUT2D eigenvalue weighted by Crippen LogP contribution is -2.45. The van der Waals surface area contributed by atoms with Crippen LogP contribution >= 0.6 is 23.2 Å². The average molecular weight is 661 g/mol. The molecule has 2 saturated heterocycles. The van der Waals surface area contributed by atoms with Crippen molar-refractivity contribution in [2.45, 2.75) is 82.7 Å². The minimum absolute atomic E-state index is 0.0129. The fourth-order valence-corrected chi connectivity index (χ4v) is 6.54. The van der Waals surface area contributed by atoms with Gasteiger partial charge in [-0.25, -0.2) is 8.78 Å². The fourth-order valence-electron chi connectivity index (χ4n) is 6.20. The Morgan fingerprint density at radius 1 is 1.22 bits per heavy atom. The average Bonchev–Trinajstić information content (AvgIpc) is 3.61. The van der Waals surface area contributed by atoms with Crippen molar-refractivity contribution >= 4 is 34.9 Å². The van der Waals surface area contributed by atoms with Gasteiger partial charge >= 0.3 is 0 Å². The maximum Gasteiger partial charge on any atom is 0.243 e. The number of hydrogen-bond donors (Lipinski definition) is 2. The Hall–Kier alpha value is -3.07. The number of nitrogens with one attached hydrogen (secondary N) is 2. The Morgan fingerprint density at radius 2 is 1.96 bits per heavy atom. The Kier molecular flexibility index (Phi) is 9.33. The number of ether oxygens (including phenoxy) is 2. The zero-order valence-electron chi connectivity index (χ0n) is 25.8. The zero-order chi connectivity index (χ0) is 32.7. The lowest BCUT2D eigenvalue weighted by molar-refractivity contribution is -0.118. The van der Waals surface area contributed by atoms with Gasteiger partial charge in [0.25, 0.3) is 0 Å². The molecule has 2 aliphatic rings. The summed E-state index contributed by atoms with van der Waals surface area (Å²) in [6, 6.07) is 10.5. The molecule has 0 unspecified atom stereocenters. The number of rotatable bonds is 10. The van der Waals surface area contributed by atoms with Gasteiger partial charge in [0.15, 0.2) is 5.82 Å². The first-order valence-electron chi connectivity index (χ1n) is 14.8. The molecular weight excluding hydrogens is 623 g/mol. The molecule has 1 amide bonds. The summed E-state index contributed by atoms with van der Waals surface area (Å²) < 4.78 is 44.5. The molecule has 2 fully saturated rings. The number of benzene rings is 2. The van der Waals surface area contributed by atoms with Crippen LogP contribution < -0.4 is 10.6 Å². The van der Waals surface area contributed by atoms with Crippen LogP contribution in [-0.4, -0.2) is 52.7 Å². The second-order valence-electron chi connectivity index (χ2n) is 13.6. The minimum Gasteiger partial charge on any atom is -0.371 e. The van der Waals surface area contributed by atoms with Crippen molar-refractivity contribution in [3.05, 3.63) is 81.5 Å². The van der Waals surface area contributed by atoms with Crippen LogP contribution in [0.1, 0.15) is 58.1 Å². The highest BCUT2D eigenvalue weighted by atomic mass is 35.5. The van der Waals surface area contributed by atoms with Gasteiger partial charge in [-0.2, -0.15) is 10.4 Å². The highest BCUT2D eigenvalue weighted by Crippen LogP contribution is 2.52. The van der Waals surface area contributed by atoms with Gasteiger partial charge in [0.1, 0.15) is 23.2 Å². The molecule has 8 nitrogen and oxygen atoms in total. The van der Waals surface area contributed by atoms with E-state index >= 15 is 8.78 Å². The molecule has 0 bridgehead atoms. The van der Waals surface area contributed by atoms with Crippen LogP contribution in [0.5, 0.6) is 0 Å². The van der Waals surface area contributed by atoms with E-state index in [4.69, 9.17) is 32.7 Å². The van der Waals surface area contributed by atoms with Gasteiger partial charge in [-0.15, -0.1) is 0 Å². The van der Waals surface area contributed by atoms with Crippen molar-refractivity contribution in [2.75, 3.05) is 18.5 Å². The molecule has 0 radical (unpaired) electrons. The van der Waals surface area contributed by atoms with Crippen LogP contribution in [0, 0.1) is 28.4 Å². The summed E-state index contributed by atoms with van der Waals surface area (Å²) in [6.45, 7) is 11.4. The first kappa shape index (κ1) is 33.3. The number of carbonyl (C=O) groups is 1. The summed E-state index contributed by atoms with van der Waals surface area (Å²) >= 11 is 12.3. The summed E-state index contributed by atoms with van der Waals surface area (Å²) in [5.41, 5.74) is -2.59. The molecule has 2 aromatic carbocycles. The van der Waals surface area contributed by atoms with E-state index in [1.807, 2.05) is 34.6 Å². The predicted octanol–water partition coefficient (Wildman–Crippen LogP) is 6.62. The monoisotopic (exact) mass is 659 g/mol. The van der Waals surface area contributed by atoms with Crippen LogP contribution in [0.2, 0.25) is 10.0 Å². The smallest absolute Gasteiger partial charge is 0.243 e. The molecule has 240 valence electrons. The number of halogens is 4. The molecule has 45 heavy (non-hydrogen) atoms. The standard InChI is InChI=1S/C33H37Cl2F2N5O3/c1-31(2,3)14-25-33(17-38,22-10-9-19(34)13-24(22)36)27(21-7-6-8-23(35)28(21)37)29(39-25)30(43)40-26-11-12-42(41-26)18-32(4,5)45-16-20-15-44-20/h6-13,20,25,27,29,39H,14-16,18H2,1-5H3,(H,40,41,43)/t20-,25+,27+,29+,33+/m1/s1. The van der Waals surface area contributed by atoms with Crippen LogP contribution in [-0.2, 0) is 26.2 Å². The molecule has 0 aliphatic carbocycles. The number of carbonyl (C=O) groups excluding carboxylic acids is 1. The third-order valence-electron chi connectivity index (χ3n) is 8.23. The van der Waals surface area contributed by atoms with E-state index in [1.54, 1.807) is 23.0 Å². The summed E-state index contributed by atoms with van der Waals surface area (Å²) in [5, 5.41) is 21.6. The largest absolute Gasteiger partial charge is 0.371 e. The number of epoxide rings is 1. The first-order chi connectivity index (χ1) is 21.1. The number of amides is 1. The molecule has 0 saturated carbocycles. The Balaban J connectivity index is 1.54. The molecule has 5 rings (SSSR count). The topological polar surface area (TPSA) is 104 Å². The number of anilines is 1. The van der Waals surface area contributed by atoms with Crippen molar-refractivity contribution in [3.8, 4) is 6.07 Å². The van der Waals surface area contributed by atoms with E-state index in [-0.39, 0.29) is 38.5 Å². The Morgan fingerprint density at radius 3 is 2.60 bits per heavy atom. The van der Waals surface area contributed by atoms with E-state index < -0.39 is 46.6 Å². The molecule has 1 aromatic heterocycles. The fraction of sp³-hybridized carbons (Fsp3) is 0.485. The quantitative estimate of drug-likeness (QED) is 0.237. The van der Waals surface area contributed by atoms with Crippen LogP contribution in [0.4, 0.5) is 14.6 Å². The van der Waals surface area contributed by atoms with Gasteiger partial charge in [-0.1, -0.05) is 62.2 Å². The van der Waals surface area contributed by atoms with Crippen LogP contribution in [0.25, 0.3) is 0 Å². The molecular formula is C33H37Cl2F2N5O3. The van der Waals surface area contributed by atoms with Gasteiger partial charge in [-0.05, 0) is 49.4 Å². The SMILES string of the molecule is CC(C)(C)C[C@@H]1N[C@H](C(=O)Nc2ccn(CC(C)(C)OC[C@H]3CO3)n2)[C@H](c2cccc(Cl)c2F)[C@@]1(C#N)c1ccc(Cl)cc1F. The second kappa shape index (κ2) is 12.6. The van der Waals surface area contributed by atoms with E-state index in [0.29, 0.717) is 26.2 Å². The molecule has 2 N–H and O–H groups in total. The lowest BCUT2D eigenvalue weighted by atomic mass is 9.62. The normalized spacial score (nSPS) is 24.8. The Bertz CT molecular complexity index is 1610. The molecule has 3 aromatic rings. The second-order valence-corrected chi connectivity index (χ2v) is 14.4. The third kappa shape index (κ3) is 7.18. The summed E-state index contributed by atoms with van der Waals surface area (Å²) in [5.74, 6) is -2.99. The van der Waals surface area contributed by atoms with Crippen LogP contribution in [0.15, 0.2) is 48.7 Å². The summed E-state index contributed by atoms with van der Waals surface area (Å²) in [4.78, 5) is 14.1.